The molecule has 9 heteroatoms. The van der Waals surface area contributed by atoms with Crippen molar-refractivity contribution in [3.05, 3.63) is 71.8 Å². The number of aryl methyl sites for hydroxylation is 1. The highest BCUT2D eigenvalue weighted by atomic mass is 19.4. The van der Waals surface area contributed by atoms with Crippen molar-refractivity contribution in [3.8, 4) is 17.1 Å². The van der Waals surface area contributed by atoms with E-state index in [2.05, 4.69) is 15.0 Å². The largest absolute Gasteiger partial charge is 0.472 e. The lowest BCUT2D eigenvalue weighted by Crippen LogP contribution is -2.47. The number of likely N-dealkylation sites (tertiary alicyclic amines) is 1. The Balaban J connectivity index is 1.37. The second-order valence-corrected chi connectivity index (χ2v) is 8.53. The first-order chi connectivity index (χ1) is 15.8. The van der Waals surface area contributed by atoms with Gasteiger partial charge in [0.15, 0.2) is 0 Å². The summed E-state index contributed by atoms with van der Waals surface area (Å²) in [4.78, 5) is 27.9. The third-order valence-electron chi connectivity index (χ3n) is 6.19. The molecule has 3 atom stereocenters. The monoisotopic (exact) mass is 454 g/mol. The average Bonchev–Trinajstić information content (AvgIpc) is 3.40. The summed E-state index contributed by atoms with van der Waals surface area (Å²) in [5.74, 6) is 0.189. The summed E-state index contributed by atoms with van der Waals surface area (Å²) in [6, 6.07) is 9.40. The minimum absolute atomic E-state index is 0.121. The number of halogens is 3. The molecule has 1 aliphatic heterocycles. The van der Waals surface area contributed by atoms with Crippen LogP contribution in [0.3, 0.4) is 0 Å². The van der Waals surface area contributed by atoms with Gasteiger partial charge in [0.1, 0.15) is 11.8 Å². The fraction of sp³-hybridized carbons (Fsp3) is 0.333. The number of carbonyl (C=O) groups is 1. The molecule has 2 bridgehead atoms. The molecule has 3 unspecified atom stereocenters. The molecule has 6 nitrogen and oxygen atoms in total. The third-order valence-corrected chi connectivity index (χ3v) is 6.19. The Hall–Kier alpha value is -3.49. The molecular weight excluding hydrogens is 433 g/mol. The smallest absolute Gasteiger partial charge is 0.417 e. The van der Waals surface area contributed by atoms with Crippen LogP contribution in [0.2, 0.25) is 0 Å². The van der Waals surface area contributed by atoms with Crippen LogP contribution >= 0.6 is 0 Å². The first-order valence-corrected chi connectivity index (χ1v) is 10.7. The first kappa shape index (κ1) is 21.4. The van der Waals surface area contributed by atoms with Crippen molar-refractivity contribution in [2.45, 2.75) is 38.1 Å². The van der Waals surface area contributed by atoms with Crippen LogP contribution in [0.4, 0.5) is 13.2 Å². The Morgan fingerprint density at radius 3 is 2.61 bits per heavy atom. The van der Waals surface area contributed by atoms with Crippen LogP contribution in [-0.2, 0) is 6.18 Å². The number of aromatic nitrogens is 3. The van der Waals surface area contributed by atoms with Crippen LogP contribution in [0.1, 0.15) is 34.5 Å². The second kappa shape index (κ2) is 8.13. The number of hydrogen-bond acceptors (Lipinski definition) is 5. The lowest BCUT2D eigenvalue weighted by atomic mass is 10.0. The lowest BCUT2D eigenvalue weighted by molar-refractivity contribution is -0.137. The Morgan fingerprint density at radius 1 is 1.09 bits per heavy atom. The summed E-state index contributed by atoms with van der Waals surface area (Å²) in [5.41, 5.74) is 1.77. The Labute approximate surface area is 188 Å². The van der Waals surface area contributed by atoms with Gasteiger partial charge in [-0.25, -0.2) is 4.98 Å². The molecule has 2 aliphatic rings. The molecule has 0 spiro atoms. The van der Waals surface area contributed by atoms with Gasteiger partial charge in [0.25, 0.3) is 5.91 Å². The topological polar surface area (TPSA) is 68.2 Å². The zero-order chi connectivity index (χ0) is 23.2. The van der Waals surface area contributed by atoms with Gasteiger partial charge in [-0.3, -0.25) is 14.8 Å². The molecule has 2 fully saturated rings. The minimum atomic E-state index is -4.45. The van der Waals surface area contributed by atoms with E-state index in [1.54, 1.807) is 17.3 Å². The number of rotatable bonds is 4. The van der Waals surface area contributed by atoms with Gasteiger partial charge in [-0.15, -0.1) is 0 Å². The van der Waals surface area contributed by atoms with E-state index >= 15 is 0 Å². The number of carbonyl (C=O) groups excluding carboxylic acids is 1. The van der Waals surface area contributed by atoms with E-state index in [0.717, 1.165) is 30.7 Å². The zero-order valence-corrected chi connectivity index (χ0v) is 17.8. The highest BCUT2D eigenvalue weighted by Crippen LogP contribution is 2.41. The van der Waals surface area contributed by atoms with Crippen molar-refractivity contribution < 1.29 is 22.7 Å². The van der Waals surface area contributed by atoms with Crippen molar-refractivity contribution in [1.29, 1.82) is 0 Å². The van der Waals surface area contributed by atoms with Gasteiger partial charge in [-0.2, -0.15) is 13.2 Å². The summed E-state index contributed by atoms with van der Waals surface area (Å²) < 4.78 is 44.3. The number of nitrogens with zero attached hydrogens (tertiary/aromatic N) is 4. The van der Waals surface area contributed by atoms with Crippen molar-refractivity contribution in [1.82, 2.24) is 19.9 Å². The molecule has 5 rings (SSSR count). The number of fused-ring (bicyclic) bond motifs is 2. The molecular formula is C24H21F3N4O2. The van der Waals surface area contributed by atoms with Crippen molar-refractivity contribution in [3.63, 3.8) is 0 Å². The highest BCUT2D eigenvalue weighted by Gasteiger charge is 2.49. The fourth-order valence-corrected chi connectivity index (χ4v) is 4.69. The van der Waals surface area contributed by atoms with Gasteiger partial charge in [-0.05, 0) is 55.5 Å². The maximum absolute atomic E-state index is 13.5. The number of piperidine rings is 1. The maximum Gasteiger partial charge on any atom is 0.417 e. The van der Waals surface area contributed by atoms with Crippen LogP contribution < -0.4 is 4.74 Å². The highest BCUT2D eigenvalue weighted by molar-refractivity contribution is 5.99. The summed E-state index contributed by atoms with van der Waals surface area (Å²) in [6.07, 6.45) is 0.821. The van der Waals surface area contributed by atoms with E-state index in [4.69, 9.17) is 4.74 Å². The number of alkyl halides is 3. The third kappa shape index (κ3) is 4.15. The van der Waals surface area contributed by atoms with Gasteiger partial charge in [0, 0.05) is 36.8 Å². The molecule has 1 aliphatic carbocycles. The van der Waals surface area contributed by atoms with Crippen molar-refractivity contribution in [2.75, 3.05) is 6.54 Å². The number of hydrogen-bond donors (Lipinski definition) is 0. The molecule has 1 saturated carbocycles. The average molecular weight is 454 g/mol. The second-order valence-electron chi connectivity index (χ2n) is 8.53. The summed E-state index contributed by atoms with van der Waals surface area (Å²) in [7, 11) is 0. The normalized spacial score (nSPS) is 21.9. The molecule has 3 aromatic heterocycles. The standard InChI is InChI=1S/C24H21F3N4O2/c1-14-8-17(18-4-2-3-7-28-18)22(30-11-14)23(32)31-13-15-9-19(31)20(10-15)33-21-6-5-16(12-29-21)24(25,26)27/h2-8,11-12,15,19-20H,9-10,13H2,1H3. The zero-order valence-electron chi connectivity index (χ0n) is 17.8. The van der Waals surface area contributed by atoms with Gasteiger partial charge in [-0.1, -0.05) is 6.07 Å². The molecule has 170 valence electrons. The molecule has 33 heavy (non-hydrogen) atoms. The quantitative estimate of drug-likeness (QED) is 0.579. The van der Waals surface area contributed by atoms with E-state index in [1.807, 2.05) is 31.2 Å². The van der Waals surface area contributed by atoms with E-state index in [0.29, 0.717) is 23.5 Å². The predicted molar refractivity (Wildman–Crippen MR) is 113 cm³/mol. The summed E-state index contributed by atoms with van der Waals surface area (Å²) >= 11 is 0. The van der Waals surface area contributed by atoms with E-state index < -0.39 is 11.7 Å². The lowest BCUT2D eigenvalue weighted by Gasteiger charge is -2.33. The van der Waals surface area contributed by atoms with E-state index in [1.165, 1.54) is 6.07 Å². The van der Waals surface area contributed by atoms with Crippen molar-refractivity contribution >= 4 is 5.91 Å². The van der Waals surface area contributed by atoms with Crippen LogP contribution in [0.5, 0.6) is 5.88 Å². The maximum atomic E-state index is 13.5. The first-order valence-electron chi connectivity index (χ1n) is 10.7. The molecule has 3 aromatic rings. The van der Waals surface area contributed by atoms with Crippen LogP contribution in [-0.4, -0.2) is 44.4 Å². The van der Waals surface area contributed by atoms with Crippen LogP contribution in [0.15, 0.2) is 55.0 Å². The molecule has 1 amide bonds. The van der Waals surface area contributed by atoms with E-state index in [-0.39, 0.29) is 29.9 Å². The van der Waals surface area contributed by atoms with Gasteiger partial charge >= 0.3 is 6.18 Å². The minimum Gasteiger partial charge on any atom is -0.472 e. The number of amides is 1. The van der Waals surface area contributed by atoms with Gasteiger partial charge in [0.2, 0.25) is 5.88 Å². The predicted octanol–water partition coefficient (Wildman–Crippen LogP) is 4.55. The number of pyridine rings is 3. The molecule has 4 heterocycles. The molecule has 0 N–H and O–H groups in total. The molecule has 0 aromatic carbocycles. The Bertz CT molecular complexity index is 1170. The van der Waals surface area contributed by atoms with Gasteiger partial charge in [0.05, 0.1) is 17.3 Å². The summed E-state index contributed by atoms with van der Waals surface area (Å²) in [5, 5.41) is 0. The van der Waals surface area contributed by atoms with Crippen molar-refractivity contribution in [2.24, 2.45) is 5.92 Å². The molecule has 0 radical (unpaired) electrons. The fourth-order valence-electron chi connectivity index (χ4n) is 4.69. The van der Waals surface area contributed by atoms with Gasteiger partial charge < -0.3 is 9.64 Å². The Kier molecular flexibility index (Phi) is 5.26. The SMILES string of the molecule is Cc1cnc(C(=O)N2CC3CC(Oc4ccc(C(F)(F)F)cn4)C2C3)c(-c2ccccn2)c1. The summed E-state index contributed by atoms with van der Waals surface area (Å²) in [6.45, 7) is 2.51. The number of ether oxygens (including phenoxy) is 1. The van der Waals surface area contributed by atoms with Crippen LogP contribution in [0, 0.1) is 12.8 Å². The Morgan fingerprint density at radius 2 is 1.94 bits per heavy atom. The van der Waals surface area contributed by atoms with E-state index in [9.17, 15) is 18.0 Å². The molecule has 1 saturated heterocycles. The van der Waals surface area contributed by atoms with Crippen LogP contribution in [0.25, 0.3) is 11.3 Å².